The number of rotatable bonds is 2. The van der Waals surface area contributed by atoms with Crippen molar-refractivity contribution in [2.45, 2.75) is 6.04 Å². The van der Waals surface area contributed by atoms with E-state index in [1.54, 1.807) is 12.1 Å². The zero-order valence-corrected chi connectivity index (χ0v) is 11.7. The van der Waals surface area contributed by atoms with Crippen LogP contribution < -0.4 is 0 Å². The SMILES string of the molecule is CN1CCN(C(C#N)c2ccc(Cl)c(Cl)c2)CC1. The van der Waals surface area contributed by atoms with Crippen LogP contribution in [-0.2, 0) is 0 Å². The van der Waals surface area contributed by atoms with E-state index in [0.29, 0.717) is 10.0 Å². The number of nitriles is 1. The van der Waals surface area contributed by atoms with Crippen molar-refractivity contribution in [1.82, 2.24) is 9.80 Å². The number of likely N-dealkylation sites (N-methyl/N-ethyl adjacent to an activating group) is 1. The molecule has 1 fully saturated rings. The van der Waals surface area contributed by atoms with Crippen LogP contribution in [0.15, 0.2) is 18.2 Å². The Bertz CT molecular complexity index is 462. The topological polar surface area (TPSA) is 30.3 Å². The van der Waals surface area contributed by atoms with Gasteiger partial charge in [-0.15, -0.1) is 0 Å². The first-order chi connectivity index (χ1) is 8.61. The molecule has 1 aromatic carbocycles. The Balaban J connectivity index is 2.18. The molecule has 1 unspecified atom stereocenters. The molecule has 1 aliphatic heterocycles. The molecule has 5 heteroatoms. The van der Waals surface area contributed by atoms with Gasteiger partial charge in [-0.05, 0) is 24.7 Å². The second-order valence-electron chi connectivity index (χ2n) is 4.54. The summed E-state index contributed by atoms with van der Waals surface area (Å²) < 4.78 is 0. The maximum Gasteiger partial charge on any atom is 0.124 e. The van der Waals surface area contributed by atoms with Crippen LogP contribution in [0, 0.1) is 11.3 Å². The van der Waals surface area contributed by atoms with Gasteiger partial charge >= 0.3 is 0 Å². The van der Waals surface area contributed by atoms with Crippen LogP contribution in [0.5, 0.6) is 0 Å². The lowest BCUT2D eigenvalue weighted by atomic mass is 10.1. The molecule has 1 aliphatic rings. The predicted octanol–water partition coefficient (Wildman–Crippen LogP) is 2.81. The lowest BCUT2D eigenvalue weighted by Gasteiger charge is -2.35. The molecule has 2 rings (SSSR count). The van der Waals surface area contributed by atoms with E-state index in [-0.39, 0.29) is 6.04 Å². The Labute approximate surface area is 117 Å². The van der Waals surface area contributed by atoms with Crippen LogP contribution >= 0.6 is 23.2 Å². The molecule has 1 aromatic rings. The highest BCUT2D eigenvalue weighted by Crippen LogP contribution is 2.28. The minimum atomic E-state index is -0.242. The van der Waals surface area contributed by atoms with Crippen molar-refractivity contribution >= 4 is 23.2 Å². The van der Waals surface area contributed by atoms with Gasteiger partial charge in [-0.1, -0.05) is 29.3 Å². The van der Waals surface area contributed by atoms with Gasteiger partial charge < -0.3 is 4.90 Å². The normalized spacial score (nSPS) is 19.4. The van der Waals surface area contributed by atoms with Crippen molar-refractivity contribution in [2.24, 2.45) is 0 Å². The van der Waals surface area contributed by atoms with E-state index in [4.69, 9.17) is 23.2 Å². The van der Waals surface area contributed by atoms with Gasteiger partial charge in [0.25, 0.3) is 0 Å². The van der Waals surface area contributed by atoms with Crippen LogP contribution in [0.25, 0.3) is 0 Å². The van der Waals surface area contributed by atoms with Crippen molar-refractivity contribution in [3.8, 4) is 6.07 Å². The maximum absolute atomic E-state index is 9.38. The highest BCUT2D eigenvalue weighted by molar-refractivity contribution is 6.42. The van der Waals surface area contributed by atoms with Crippen molar-refractivity contribution < 1.29 is 0 Å². The van der Waals surface area contributed by atoms with E-state index in [0.717, 1.165) is 31.7 Å². The van der Waals surface area contributed by atoms with E-state index in [1.807, 2.05) is 6.07 Å². The third-order valence-electron chi connectivity index (χ3n) is 3.28. The molecule has 18 heavy (non-hydrogen) atoms. The molecular weight excluding hydrogens is 269 g/mol. The van der Waals surface area contributed by atoms with Gasteiger partial charge in [-0.25, -0.2) is 0 Å². The lowest BCUT2D eigenvalue weighted by molar-refractivity contribution is 0.133. The van der Waals surface area contributed by atoms with E-state index < -0.39 is 0 Å². The minimum absolute atomic E-state index is 0.242. The van der Waals surface area contributed by atoms with E-state index in [9.17, 15) is 5.26 Å². The average Bonchev–Trinajstić information content (AvgIpc) is 2.37. The Morgan fingerprint density at radius 3 is 2.39 bits per heavy atom. The number of hydrogen-bond acceptors (Lipinski definition) is 3. The molecule has 0 aliphatic carbocycles. The monoisotopic (exact) mass is 283 g/mol. The number of nitrogens with zero attached hydrogens (tertiary/aromatic N) is 3. The molecule has 0 radical (unpaired) electrons. The summed E-state index contributed by atoms with van der Waals surface area (Å²) >= 11 is 11.9. The van der Waals surface area contributed by atoms with Crippen LogP contribution in [0.1, 0.15) is 11.6 Å². The molecule has 96 valence electrons. The highest BCUT2D eigenvalue weighted by atomic mass is 35.5. The summed E-state index contributed by atoms with van der Waals surface area (Å²) in [5.74, 6) is 0. The van der Waals surface area contributed by atoms with E-state index in [1.165, 1.54) is 0 Å². The zero-order chi connectivity index (χ0) is 13.1. The zero-order valence-electron chi connectivity index (χ0n) is 10.2. The summed E-state index contributed by atoms with van der Waals surface area (Å²) in [7, 11) is 2.10. The van der Waals surface area contributed by atoms with Gasteiger partial charge in [0.15, 0.2) is 0 Å². The summed E-state index contributed by atoms with van der Waals surface area (Å²) in [4.78, 5) is 4.44. The van der Waals surface area contributed by atoms with Gasteiger partial charge in [0.2, 0.25) is 0 Å². The molecule has 0 N–H and O–H groups in total. The molecule has 0 saturated carbocycles. The molecular formula is C13H15Cl2N3. The molecule has 0 amide bonds. The third-order valence-corrected chi connectivity index (χ3v) is 4.02. The Hall–Kier alpha value is -0.790. The van der Waals surface area contributed by atoms with Crippen LogP contribution in [0.2, 0.25) is 10.0 Å². The maximum atomic E-state index is 9.38. The minimum Gasteiger partial charge on any atom is -0.304 e. The van der Waals surface area contributed by atoms with Crippen molar-refractivity contribution in [2.75, 3.05) is 33.2 Å². The fourth-order valence-corrected chi connectivity index (χ4v) is 2.44. The van der Waals surface area contributed by atoms with E-state index in [2.05, 4.69) is 22.9 Å². The van der Waals surface area contributed by atoms with Gasteiger partial charge in [0.1, 0.15) is 6.04 Å². The molecule has 0 aromatic heterocycles. The Morgan fingerprint density at radius 2 is 1.83 bits per heavy atom. The van der Waals surface area contributed by atoms with Gasteiger partial charge in [0, 0.05) is 26.2 Å². The first-order valence-corrected chi connectivity index (χ1v) is 6.64. The highest BCUT2D eigenvalue weighted by Gasteiger charge is 2.23. The quantitative estimate of drug-likeness (QED) is 0.836. The van der Waals surface area contributed by atoms with Crippen molar-refractivity contribution in [3.05, 3.63) is 33.8 Å². The average molecular weight is 284 g/mol. The van der Waals surface area contributed by atoms with Crippen LogP contribution in [-0.4, -0.2) is 43.0 Å². The van der Waals surface area contributed by atoms with Gasteiger partial charge in [0.05, 0.1) is 16.1 Å². The summed E-state index contributed by atoms with van der Waals surface area (Å²) in [6.07, 6.45) is 0. The standard InChI is InChI=1S/C13H15Cl2N3/c1-17-4-6-18(7-5-17)13(9-16)10-2-3-11(14)12(15)8-10/h2-3,8,13H,4-7H2,1H3. The molecule has 3 nitrogen and oxygen atoms in total. The first kappa shape index (κ1) is 13.6. The molecule has 0 bridgehead atoms. The van der Waals surface area contributed by atoms with Crippen molar-refractivity contribution in [3.63, 3.8) is 0 Å². The summed E-state index contributed by atoms with van der Waals surface area (Å²) in [6.45, 7) is 3.77. The fourth-order valence-electron chi connectivity index (χ4n) is 2.13. The first-order valence-electron chi connectivity index (χ1n) is 5.89. The predicted molar refractivity (Wildman–Crippen MR) is 73.9 cm³/mol. The second-order valence-corrected chi connectivity index (χ2v) is 5.36. The molecule has 0 spiro atoms. The van der Waals surface area contributed by atoms with E-state index >= 15 is 0 Å². The van der Waals surface area contributed by atoms with Crippen LogP contribution in [0.4, 0.5) is 0 Å². The fraction of sp³-hybridized carbons (Fsp3) is 0.462. The third kappa shape index (κ3) is 2.96. The number of hydrogen-bond donors (Lipinski definition) is 0. The van der Waals surface area contributed by atoms with Crippen molar-refractivity contribution in [1.29, 1.82) is 5.26 Å². The molecule has 1 atom stereocenters. The Morgan fingerprint density at radius 1 is 1.17 bits per heavy atom. The molecule has 1 saturated heterocycles. The summed E-state index contributed by atoms with van der Waals surface area (Å²) in [6, 6.07) is 7.53. The number of benzene rings is 1. The molecule has 1 heterocycles. The Kier molecular flexibility index (Phi) is 4.47. The smallest absolute Gasteiger partial charge is 0.124 e. The van der Waals surface area contributed by atoms with Crippen LogP contribution in [0.3, 0.4) is 0 Å². The second kappa shape index (κ2) is 5.90. The largest absolute Gasteiger partial charge is 0.304 e. The van der Waals surface area contributed by atoms with Gasteiger partial charge in [-0.2, -0.15) is 5.26 Å². The summed E-state index contributed by atoms with van der Waals surface area (Å²) in [5, 5.41) is 10.4. The van der Waals surface area contributed by atoms with Gasteiger partial charge in [-0.3, -0.25) is 4.90 Å². The number of piperazine rings is 1. The summed E-state index contributed by atoms with van der Waals surface area (Å²) in [5.41, 5.74) is 0.913. The lowest BCUT2D eigenvalue weighted by Crippen LogP contribution is -2.45. The number of halogens is 2.